The molecule has 1 heterocycles. The molecule has 1 unspecified atom stereocenters. The summed E-state index contributed by atoms with van der Waals surface area (Å²) in [6.07, 6.45) is 4.08. The molecule has 1 atom stereocenters. The molecule has 2 rings (SSSR count). The van der Waals surface area contributed by atoms with Crippen molar-refractivity contribution in [3.8, 4) is 5.75 Å². The molecule has 0 amide bonds. The van der Waals surface area contributed by atoms with E-state index >= 15 is 0 Å². The number of rotatable bonds is 6. The Kier molecular flexibility index (Phi) is 4.87. The average molecular weight is 233 g/mol. The molecule has 1 fully saturated rings. The molecule has 0 radical (unpaired) electrons. The predicted octanol–water partition coefficient (Wildman–Crippen LogP) is 3.19. The Hall–Kier alpha value is -1.02. The van der Waals surface area contributed by atoms with Crippen molar-refractivity contribution in [1.82, 2.24) is 4.90 Å². The van der Waals surface area contributed by atoms with Gasteiger partial charge in [0.1, 0.15) is 12.4 Å². The van der Waals surface area contributed by atoms with E-state index in [1.807, 2.05) is 30.3 Å². The molecule has 1 aliphatic rings. The largest absolute Gasteiger partial charge is 0.492 e. The van der Waals surface area contributed by atoms with Gasteiger partial charge in [0.25, 0.3) is 0 Å². The molecule has 1 aromatic rings. The lowest BCUT2D eigenvalue weighted by atomic mass is 10.0. The highest BCUT2D eigenvalue weighted by atomic mass is 16.5. The maximum Gasteiger partial charge on any atom is 0.119 e. The fourth-order valence-corrected chi connectivity index (χ4v) is 2.57. The molecule has 17 heavy (non-hydrogen) atoms. The van der Waals surface area contributed by atoms with Crippen molar-refractivity contribution < 1.29 is 4.74 Å². The van der Waals surface area contributed by atoms with Crippen molar-refractivity contribution in [2.75, 3.05) is 26.2 Å². The number of para-hydroxylation sites is 1. The minimum absolute atomic E-state index is 0.808. The fraction of sp³-hybridized carbons (Fsp3) is 0.600. The van der Waals surface area contributed by atoms with Crippen LogP contribution < -0.4 is 4.74 Å². The molecule has 2 nitrogen and oxygen atoms in total. The van der Waals surface area contributed by atoms with E-state index in [1.165, 1.54) is 32.4 Å². The number of likely N-dealkylation sites (tertiary alicyclic amines) is 1. The number of benzene rings is 1. The van der Waals surface area contributed by atoms with Crippen molar-refractivity contribution in [3.05, 3.63) is 30.3 Å². The molecule has 0 spiro atoms. The zero-order chi connectivity index (χ0) is 11.9. The van der Waals surface area contributed by atoms with Crippen molar-refractivity contribution in [2.24, 2.45) is 5.92 Å². The Morgan fingerprint density at radius 3 is 2.88 bits per heavy atom. The average Bonchev–Trinajstić information content (AvgIpc) is 2.79. The van der Waals surface area contributed by atoms with Crippen LogP contribution in [0, 0.1) is 5.92 Å². The van der Waals surface area contributed by atoms with Gasteiger partial charge in [-0.15, -0.1) is 0 Å². The summed E-state index contributed by atoms with van der Waals surface area (Å²) in [5, 5.41) is 0. The van der Waals surface area contributed by atoms with Gasteiger partial charge in [0.15, 0.2) is 0 Å². The van der Waals surface area contributed by atoms with E-state index in [0.717, 1.165) is 24.8 Å². The fourth-order valence-electron chi connectivity index (χ4n) is 2.57. The van der Waals surface area contributed by atoms with Crippen molar-refractivity contribution in [3.63, 3.8) is 0 Å². The Labute approximate surface area is 105 Å². The minimum atomic E-state index is 0.808. The summed E-state index contributed by atoms with van der Waals surface area (Å²) in [6.45, 7) is 6.67. The normalized spacial score (nSPS) is 20.6. The van der Waals surface area contributed by atoms with Gasteiger partial charge in [0.05, 0.1) is 0 Å². The van der Waals surface area contributed by atoms with Gasteiger partial charge in [-0.25, -0.2) is 0 Å². The topological polar surface area (TPSA) is 12.5 Å². The molecular weight excluding hydrogens is 210 g/mol. The van der Waals surface area contributed by atoms with E-state index in [1.54, 1.807) is 0 Å². The smallest absolute Gasteiger partial charge is 0.119 e. The first-order valence-corrected chi connectivity index (χ1v) is 6.78. The quantitative estimate of drug-likeness (QED) is 0.748. The van der Waals surface area contributed by atoms with Gasteiger partial charge in [-0.2, -0.15) is 0 Å². The van der Waals surface area contributed by atoms with Gasteiger partial charge in [0, 0.05) is 13.1 Å². The zero-order valence-electron chi connectivity index (χ0n) is 10.8. The lowest BCUT2D eigenvalue weighted by Gasteiger charge is -2.16. The predicted molar refractivity (Wildman–Crippen MR) is 71.4 cm³/mol. The van der Waals surface area contributed by atoms with Crippen LogP contribution in [0.2, 0.25) is 0 Å². The monoisotopic (exact) mass is 233 g/mol. The van der Waals surface area contributed by atoms with Gasteiger partial charge in [-0.1, -0.05) is 31.5 Å². The molecule has 0 aromatic heterocycles. The van der Waals surface area contributed by atoms with Crippen LogP contribution in [0.25, 0.3) is 0 Å². The number of nitrogens with zero attached hydrogens (tertiary/aromatic N) is 1. The molecule has 1 saturated heterocycles. The molecule has 1 aromatic carbocycles. The molecule has 1 aliphatic heterocycles. The van der Waals surface area contributed by atoms with Crippen LogP contribution >= 0.6 is 0 Å². The molecule has 0 N–H and O–H groups in total. The van der Waals surface area contributed by atoms with E-state index in [9.17, 15) is 0 Å². The van der Waals surface area contributed by atoms with Gasteiger partial charge in [0.2, 0.25) is 0 Å². The highest BCUT2D eigenvalue weighted by Crippen LogP contribution is 2.20. The van der Waals surface area contributed by atoms with Gasteiger partial charge >= 0.3 is 0 Å². The van der Waals surface area contributed by atoms with Crippen LogP contribution in [0.4, 0.5) is 0 Å². The third-order valence-electron chi connectivity index (χ3n) is 3.49. The summed E-state index contributed by atoms with van der Waals surface area (Å²) in [5.41, 5.74) is 0. The zero-order valence-corrected chi connectivity index (χ0v) is 10.8. The SMILES string of the molecule is CCCC1CCN(CCOc2ccccc2)C1. The molecular formula is C15H23NO. The summed E-state index contributed by atoms with van der Waals surface area (Å²) in [7, 11) is 0. The van der Waals surface area contributed by atoms with Crippen LogP contribution in [0.5, 0.6) is 5.75 Å². The minimum Gasteiger partial charge on any atom is -0.492 e. The second-order valence-corrected chi connectivity index (χ2v) is 4.91. The molecule has 94 valence electrons. The maximum atomic E-state index is 5.72. The highest BCUT2D eigenvalue weighted by molar-refractivity contribution is 5.20. The summed E-state index contributed by atoms with van der Waals surface area (Å²) in [5.74, 6) is 1.91. The summed E-state index contributed by atoms with van der Waals surface area (Å²) < 4.78 is 5.72. The Morgan fingerprint density at radius 2 is 2.12 bits per heavy atom. The van der Waals surface area contributed by atoms with Crippen LogP contribution in [0.15, 0.2) is 30.3 Å². The summed E-state index contributed by atoms with van der Waals surface area (Å²) in [6, 6.07) is 10.1. The van der Waals surface area contributed by atoms with Crippen LogP contribution in [-0.2, 0) is 0 Å². The Morgan fingerprint density at radius 1 is 1.29 bits per heavy atom. The van der Waals surface area contributed by atoms with Crippen LogP contribution in [-0.4, -0.2) is 31.1 Å². The van der Waals surface area contributed by atoms with E-state index in [4.69, 9.17) is 4.74 Å². The second-order valence-electron chi connectivity index (χ2n) is 4.91. The summed E-state index contributed by atoms with van der Waals surface area (Å²) >= 11 is 0. The van der Waals surface area contributed by atoms with E-state index in [0.29, 0.717) is 0 Å². The summed E-state index contributed by atoms with van der Waals surface area (Å²) in [4.78, 5) is 2.53. The van der Waals surface area contributed by atoms with Crippen molar-refractivity contribution in [1.29, 1.82) is 0 Å². The van der Waals surface area contributed by atoms with E-state index < -0.39 is 0 Å². The first-order valence-electron chi connectivity index (χ1n) is 6.78. The van der Waals surface area contributed by atoms with Crippen LogP contribution in [0.3, 0.4) is 0 Å². The van der Waals surface area contributed by atoms with Crippen molar-refractivity contribution in [2.45, 2.75) is 26.2 Å². The third-order valence-corrected chi connectivity index (χ3v) is 3.49. The third kappa shape index (κ3) is 4.04. The number of hydrogen-bond acceptors (Lipinski definition) is 2. The van der Waals surface area contributed by atoms with E-state index in [-0.39, 0.29) is 0 Å². The lowest BCUT2D eigenvalue weighted by Crippen LogP contribution is -2.26. The number of hydrogen-bond donors (Lipinski definition) is 0. The molecule has 0 bridgehead atoms. The highest BCUT2D eigenvalue weighted by Gasteiger charge is 2.20. The van der Waals surface area contributed by atoms with Gasteiger partial charge in [-0.3, -0.25) is 4.90 Å². The second kappa shape index (κ2) is 6.65. The van der Waals surface area contributed by atoms with Crippen molar-refractivity contribution >= 4 is 0 Å². The standard InChI is InChI=1S/C15H23NO/c1-2-6-14-9-10-16(13-14)11-12-17-15-7-4-3-5-8-15/h3-5,7-8,14H,2,6,9-13H2,1H3. The van der Waals surface area contributed by atoms with Gasteiger partial charge in [-0.05, 0) is 37.4 Å². The first kappa shape index (κ1) is 12.4. The number of ether oxygens (including phenoxy) is 1. The molecule has 2 heteroatoms. The van der Waals surface area contributed by atoms with E-state index in [2.05, 4.69) is 11.8 Å². The Balaban J connectivity index is 1.63. The molecule has 0 saturated carbocycles. The lowest BCUT2D eigenvalue weighted by molar-refractivity contribution is 0.232. The van der Waals surface area contributed by atoms with Gasteiger partial charge < -0.3 is 4.74 Å². The molecule has 0 aliphatic carbocycles. The first-order chi connectivity index (χ1) is 8.38. The van der Waals surface area contributed by atoms with Crippen LogP contribution in [0.1, 0.15) is 26.2 Å². The maximum absolute atomic E-state index is 5.72. The Bertz CT molecular complexity index is 312.